The quantitative estimate of drug-likeness (QED) is 0.239. The summed E-state index contributed by atoms with van der Waals surface area (Å²) in [5.74, 6) is 0.735. The molecule has 0 atom stereocenters. The topological polar surface area (TPSA) is 86.2 Å². The zero-order valence-electron chi connectivity index (χ0n) is 18.9. The number of nitrogens with zero attached hydrogens (tertiary/aromatic N) is 1. The van der Waals surface area contributed by atoms with Gasteiger partial charge in [-0.1, -0.05) is 66.7 Å². The van der Waals surface area contributed by atoms with Crippen LogP contribution in [0.15, 0.2) is 121 Å². The third kappa shape index (κ3) is 4.89. The molecule has 0 aliphatic heterocycles. The van der Waals surface area contributed by atoms with E-state index in [1.54, 1.807) is 19.3 Å². The summed E-state index contributed by atoms with van der Waals surface area (Å²) in [6.07, 6.45) is 5.26. The number of hydrogen-bond donors (Lipinski definition) is 3. The van der Waals surface area contributed by atoms with Crippen molar-refractivity contribution in [3.8, 4) is 5.75 Å². The Balaban J connectivity index is 0.000000180. The van der Waals surface area contributed by atoms with Gasteiger partial charge in [0.25, 0.3) is 0 Å². The van der Waals surface area contributed by atoms with Crippen molar-refractivity contribution in [2.75, 3.05) is 17.7 Å². The minimum atomic E-state index is 0.226. The Morgan fingerprint density at radius 1 is 0.676 bits per heavy atom. The van der Waals surface area contributed by atoms with Gasteiger partial charge >= 0.3 is 0 Å². The molecule has 0 spiro atoms. The first kappa shape index (κ1) is 22.6. The largest absolute Gasteiger partial charge is 0.495 e. The summed E-state index contributed by atoms with van der Waals surface area (Å²) in [4.78, 5) is 2.08. The molecule has 0 saturated heterocycles. The van der Waals surface area contributed by atoms with Gasteiger partial charge in [-0.15, -0.1) is 0 Å². The molecule has 4 N–H and O–H groups in total. The molecule has 0 heterocycles. The number of nitrogens with two attached hydrogens (primary N) is 1. The van der Waals surface area contributed by atoms with Gasteiger partial charge < -0.3 is 15.4 Å². The summed E-state index contributed by atoms with van der Waals surface area (Å²) in [5, 5.41) is 17.7. The maximum Gasteiger partial charge on any atom is 0.142 e. The average molecular weight is 447 g/mol. The van der Waals surface area contributed by atoms with Gasteiger partial charge in [-0.05, 0) is 53.9 Å². The van der Waals surface area contributed by atoms with E-state index in [4.69, 9.17) is 21.3 Å². The van der Waals surface area contributed by atoms with Gasteiger partial charge in [0.05, 0.1) is 24.2 Å². The first-order valence-corrected chi connectivity index (χ1v) is 10.9. The Bertz CT molecular complexity index is 1340. The molecule has 0 bridgehead atoms. The highest BCUT2D eigenvalue weighted by Crippen LogP contribution is 2.31. The van der Waals surface area contributed by atoms with E-state index in [2.05, 4.69) is 4.90 Å². The number of hydrogen-bond acceptors (Lipinski definition) is 5. The van der Waals surface area contributed by atoms with Crippen LogP contribution < -0.4 is 15.4 Å². The van der Waals surface area contributed by atoms with Crippen LogP contribution in [0.5, 0.6) is 5.75 Å². The van der Waals surface area contributed by atoms with Crippen LogP contribution in [0.2, 0.25) is 0 Å². The number of ether oxygens (including phenoxy) is 1. The van der Waals surface area contributed by atoms with E-state index >= 15 is 0 Å². The van der Waals surface area contributed by atoms with Crippen LogP contribution in [0.3, 0.4) is 0 Å². The summed E-state index contributed by atoms with van der Waals surface area (Å²) in [6.45, 7) is 0. The minimum absolute atomic E-state index is 0.226. The number of benzene rings is 4. The zero-order valence-corrected chi connectivity index (χ0v) is 18.9. The van der Waals surface area contributed by atoms with Crippen molar-refractivity contribution < 1.29 is 4.74 Å². The van der Waals surface area contributed by atoms with Crippen LogP contribution >= 0.6 is 0 Å². The van der Waals surface area contributed by atoms with Crippen molar-refractivity contribution in [3.05, 3.63) is 121 Å². The number of methoxy groups -OCH3 is 1. The average Bonchev–Trinajstić information content (AvgIpc) is 2.88. The summed E-state index contributed by atoms with van der Waals surface area (Å²) < 4.78 is 5.13. The third-order valence-corrected chi connectivity index (χ3v) is 5.44. The van der Waals surface area contributed by atoms with Crippen molar-refractivity contribution in [2.24, 2.45) is 0 Å². The molecule has 4 aromatic carbocycles. The number of allylic oxidation sites excluding steroid dienone is 3. The van der Waals surface area contributed by atoms with Crippen molar-refractivity contribution >= 4 is 39.3 Å². The Kier molecular flexibility index (Phi) is 6.84. The van der Waals surface area contributed by atoms with Gasteiger partial charge in [0.1, 0.15) is 5.75 Å². The fourth-order valence-electron chi connectivity index (χ4n) is 3.73. The molecule has 1 aliphatic carbocycles. The van der Waals surface area contributed by atoms with Crippen LogP contribution in [0.25, 0.3) is 10.8 Å². The lowest BCUT2D eigenvalue weighted by molar-refractivity contribution is 0.417. The van der Waals surface area contributed by atoms with E-state index in [1.165, 1.54) is 0 Å². The van der Waals surface area contributed by atoms with Gasteiger partial charge in [-0.2, -0.15) is 0 Å². The van der Waals surface area contributed by atoms with Crippen molar-refractivity contribution in [2.45, 2.75) is 0 Å². The molecule has 0 saturated carbocycles. The second-order valence-corrected chi connectivity index (χ2v) is 7.64. The summed E-state index contributed by atoms with van der Waals surface area (Å²) in [5.41, 5.74) is 10.0. The molecule has 4 aromatic rings. The molecule has 5 nitrogen and oxygen atoms in total. The molecule has 0 aromatic heterocycles. The molecular weight excluding hydrogens is 420 g/mol. The van der Waals surface area contributed by atoms with Gasteiger partial charge in [-0.25, -0.2) is 0 Å². The molecule has 168 valence electrons. The summed E-state index contributed by atoms with van der Waals surface area (Å²) in [6, 6.07) is 31.9. The first-order valence-electron chi connectivity index (χ1n) is 10.9. The smallest absolute Gasteiger partial charge is 0.142 e. The first-order chi connectivity index (χ1) is 16.6. The molecule has 5 heteroatoms. The second-order valence-electron chi connectivity index (χ2n) is 7.64. The highest BCUT2D eigenvalue weighted by Gasteiger charge is 2.16. The van der Waals surface area contributed by atoms with E-state index in [0.29, 0.717) is 5.69 Å². The Labute approximate surface area is 199 Å². The number of rotatable bonds is 4. The second kappa shape index (κ2) is 10.3. The van der Waals surface area contributed by atoms with E-state index in [9.17, 15) is 0 Å². The molecule has 34 heavy (non-hydrogen) atoms. The summed E-state index contributed by atoms with van der Waals surface area (Å²) >= 11 is 0. The SMILES string of the molecule is COc1ccc2ccccc2c1N.N=C1C=CC(N(c2ccccc2)c2ccccc2)=CC1=N. The monoisotopic (exact) mass is 446 g/mol. The standard InChI is InChI=1S/C18H15N3.C11H11NO/c19-17-12-11-16(13-18(17)20)21(14-7-3-1-4-8-14)15-9-5-2-6-10-15;1-13-10-7-6-8-4-2-3-5-9(8)11(10)12/h1-13,19-20H;2-7H,12H2,1H3. The fourth-order valence-corrected chi connectivity index (χ4v) is 3.73. The van der Waals surface area contributed by atoms with E-state index < -0.39 is 0 Å². The fraction of sp³-hybridized carbons (Fsp3) is 0.0345. The lowest BCUT2D eigenvalue weighted by Crippen LogP contribution is -2.20. The lowest BCUT2D eigenvalue weighted by atomic mass is 10.1. The molecular formula is C29H26N4O. The number of fused-ring (bicyclic) bond motifs is 1. The molecule has 0 amide bonds. The third-order valence-electron chi connectivity index (χ3n) is 5.44. The highest BCUT2D eigenvalue weighted by molar-refractivity contribution is 6.49. The van der Waals surface area contributed by atoms with Crippen LogP contribution in [0, 0.1) is 10.8 Å². The number of nitrogen functional groups attached to an aromatic ring is 1. The number of anilines is 3. The number of para-hydroxylation sites is 2. The molecule has 1 aliphatic rings. The Morgan fingerprint density at radius 2 is 1.26 bits per heavy atom. The van der Waals surface area contributed by atoms with Crippen LogP contribution in [-0.2, 0) is 0 Å². The van der Waals surface area contributed by atoms with E-state index in [0.717, 1.165) is 33.6 Å². The van der Waals surface area contributed by atoms with Gasteiger partial charge in [-0.3, -0.25) is 10.8 Å². The van der Waals surface area contributed by atoms with Crippen molar-refractivity contribution in [1.29, 1.82) is 10.8 Å². The molecule has 0 radical (unpaired) electrons. The van der Waals surface area contributed by atoms with Crippen molar-refractivity contribution in [3.63, 3.8) is 0 Å². The molecule has 0 fully saturated rings. The zero-order chi connectivity index (χ0) is 23.9. The van der Waals surface area contributed by atoms with Gasteiger partial charge in [0, 0.05) is 22.5 Å². The molecule has 0 unspecified atom stereocenters. The lowest BCUT2D eigenvalue weighted by Gasteiger charge is -2.27. The van der Waals surface area contributed by atoms with Crippen molar-refractivity contribution in [1.82, 2.24) is 0 Å². The maximum atomic E-state index is 7.86. The van der Waals surface area contributed by atoms with Gasteiger partial charge in [0.2, 0.25) is 0 Å². The predicted octanol–water partition coefficient (Wildman–Crippen LogP) is 6.75. The van der Waals surface area contributed by atoms with Crippen LogP contribution in [0.4, 0.5) is 17.1 Å². The predicted molar refractivity (Wildman–Crippen MR) is 143 cm³/mol. The highest BCUT2D eigenvalue weighted by atomic mass is 16.5. The Morgan fingerprint density at radius 3 is 1.85 bits per heavy atom. The minimum Gasteiger partial charge on any atom is -0.495 e. The van der Waals surface area contributed by atoms with E-state index in [-0.39, 0.29) is 11.4 Å². The Hall–Kier alpha value is -4.64. The molecule has 5 rings (SSSR count). The maximum absolute atomic E-state index is 7.86. The van der Waals surface area contributed by atoms with E-state index in [1.807, 2.05) is 103 Å². The normalized spacial score (nSPS) is 12.6. The van der Waals surface area contributed by atoms with Crippen LogP contribution in [0.1, 0.15) is 0 Å². The number of nitrogens with one attached hydrogen (secondary N) is 2. The van der Waals surface area contributed by atoms with Gasteiger partial charge in [0.15, 0.2) is 0 Å². The van der Waals surface area contributed by atoms with Crippen LogP contribution in [-0.4, -0.2) is 18.5 Å². The summed E-state index contributed by atoms with van der Waals surface area (Å²) in [7, 11) is 1.63.